The maximum absolute atomic E-state index is 12.8. The maximum atomic E-state index is 12.8. The fourth-order valence-corrected chi connectivity index (χ4v) is 3.99. The summed E-state index contributed by atoms with van der Waals surface area (Å²) in [6, 6.07) is 6.79. The van der Waals surface area contributed by atoms with Crippen LogP contribution in [0.25, 0.3) is 0 Å². The monoisotopic (exact) mass is 380 g/mol. The Morgan fingerprint density at radius 1 is 1.14 bits per heavy atom. The Bertz CT molecular complexity index is 927. The van der Waals surface area contributed by atoms with Gasteiger partial charge in [0, 0.05) is 18.2 Å². The number of rotatable bonds is 6. The van der Waals surface area contributed by atoms with E-state index < -0.39 is 0 Å². The van der Waals surface area contributed by atoms with Gasteiger partial charge in [0.25, 0.3) is 17.7 Å². The lowest BCUT2D eigenvalue weighted by Gasteiger charge is -2.14. The first-order valence-electron chi connectivity index (χ1n) is 9.95. The van der Waals surface area contributed by atoms with Crippen molar-refractivity contribution in [2.45, 2.75) is 51.5 Å². The van der Waals surface area contributed by atoms with Gasteiger partial charge in [-0.05, 0) is 37.5 Å². The highest BCUT2D eigenvalue weighted by Crippen LogP contribution is 2.31. The van der Waals surface area contributed by atoms with Crippen molar-refractivity contribution in [2.24, 2.45) is 0 Å². The van der Waals surface area contributed by atoms with E-state index in [1.54, 1.807) is 24.4 Å². The number of benzene rings is 1. The van der Waals surface area contributed by atoms with Gasteiger partial charge in [-0.2, -0.15) is 5.10 Å². The van der Waals surface area contributed by atoms with Crippen LogP contribution in [0.15, 0.2) is 30.5 Å². The highest BCUT2D eigenvalue weighted by molar-refractivity contribution is 6.22. The predicted octanol–water partition coefficient (Wildman–Crippen LogP) is 3.65. The largest absolute Gasteiger partial charge is 0.307 e. The van der Waals surface area contributed by atoms with Crippen LogP contribution in [0.3, 0.4) is 0 Å². The van der Waals surface area contributed by atoms with Crippen molar-refractivity contribution < 1.29 is 14.4 Å². The molecular weight excluding hydrogens is 356 g/mol. The molecule has 0 saturated heterocycles. The zero-order valence-electron chi connectivity index (χ0n) is 16.0. The number of fused-ring (bicyclic) bond motifs is 1. The van der Waals surface area contributed by atoms with Crippen LogP contribution in [0, 0.1) is 0 Å². The van der Waals surface area contributed by atoms with Crippen molar-refractivity contribution in [3.05, 3.63) is 47.2 Å². The fraction of sp³-hybridized carbons (Fsp3) is 0.429. The SMILES string of the molecule is CCCCN1C(=O)c2ccc(C(=O)Nc3ccnn3C3CCCC3)cc2C1=O. The van der Waals surface area contributed by atoms with E-state index in [0.717, 1.165) is 25.7 Å². The number of carbonyl (C=O) groups is 3. The average molecular weight is 380 g/mol. The number of amides is 3. The highest BCUT2D eigenvalue weighted by atomic mass is 16.2. The van der Waals surface area contributed by atoms with Gasteiger partial charge in [-0.15, -0.1) is 0 Å². The number of anilines is 1. The fourth-order valence-electron chi connectivity index (χ4n) is 3.99. The number of nitrogens with one attached hydrogen (secondary N) is 1. The third-order valence-electron chi connectivity index (χ3n) is 5.55. The summed E-state index contributed by atoms with van der Waals surface area (Å²) < 4.78 is 1.87. The lowest BCUT2D eigenvalue weighted by atomic mass is 10.1. The van der Waals surface area contributed by atoms with Crippen molar-refractivity contribution in [3.63, 3.8) is 0 Å². The normalized spacial score (nSPS) is 16.7. The van der Waals surface area contributed by atoms with Gasteiger partial charge >= 0.3 is 0 Å². The Morgan fingerprint density at radius 2 is 1.89 bits per heavy atom. The van der Waals surface area contributed by atoms with Crippen LogP contribution in [-0.2, 0) is 0 Å². The van der Waals surface area contributed by atoms with Crippen molar-refractivity contribution in [1.82, 2.24) is 14.7 Å². The first kappa shape index (κ1) is 18.4. The lowest BCUT2D eigenvalue weighted by molar-refractivity contribution is 0.0652. The summed E-state index contributed by atoms with van der Waals surface area (Å²) in [4.78, 5) is 39.1. The van der Waals surface area contributed by atoms with E-state index in [-0.39, 0.29) is 17.7 Å². The summed E-state index contributed by atoms with van der Waals surface area (Å²) in [6.45, 7) is 2.42. The molecule has 7 heteroatoms. The van der Waals surface area contributed by atoms with Crippen LogP contribution < -0.4 is 5.32 Å². The van der Waals surface area contributed by atoms with Crippen molar-refractivity contribution in [2.75, 3.05) is 11.9 Å². The summed E-state index contributed by atoms with van der Waals surface area (Å²) in [6.07, 6.45) is 7.83. The molecule has 1 aromatic carbocycles. The molecule has 2 aromatic rings. The van der Waals surface area contributed by atoms with E-state index in [1.807, 2.05) is 11.6 Å². The zero-order chi connectivity index (χ0) is 19.7. The molecule has 0 radical (unpaired) electrons. The summed E-state index contributed by atoms with van der Waals surface area (Å²) >= 11 is 0. The van der Waals surface area contributed by atoms with E-state index >= 15 is 0 Å². The Hall–Kier alpha value is -2.96. The van der Waals surface area contributed by atoms with Crippen LogP contribution in [0.2, 0.25) is 0 Å². The van der Waals surface area contributed by atoms with Crippen LogP contribution >= 0.6 is 0 Å². The van der Waals surface area contributed by atoms with Crippen LogP contribution in [0.5, 0.6) is 0 Å². The summed E-state index contributed by atoms with van der Waals surface area (Å²) in [5.41, 5.74) is 1.03. The standard InChI is InChI=1S/C21H24N4O3/c1-2-3-12-24-20(27)16-9-8-14(13-17(16)21(24)28)19(26)23-18-10-11-22-25(18)15-6-4-5-7-15/h8-11,13,15H,2-7,12H2,1H3,(H,23,26). The topological polar surface area (TPSA) is 84.3 Å². The maximum Gasteiger partial charge on any atom is 0.261 e. The van der Waals surface area contributed by atoms with Gasteiger partial charge < -0.3 is 5.32 Å². The summed E-state index contributed by atoms with van der Waals surface area (Å²) in [5, 5.41) is 7.26. The molecule has 1 aliphatic heterocycles. The molecule has 28 heavy (non-hydrogen) atoms. The van der Waals surface area contributed by atoms with Crippen molar-refractivity contribution >= 4 is 23.5 Å². The van der Waals surface area contributed by atoms with Crippen LogP contribution in [0.1, 0.15) is 82.6 Å². The van der Waals surface area contributed by atoms with E-state index in [9.17, 15) is 14.4 Å². The molecule has 2 aliphatic rings. The molecule has 4 rings (SSSR count). The molecule has 0 spiro atoms. The molecular formula is C21H24N4O3. The molecule has 2 heterocycles. The minimum atomic E-state index is -0.320. The molecule has 0 unspecified atom stereocenters. The number of hydrogen-bond donors (Lipinski definition) is 1. The van der Waals surface area contributed by atoms with Gasteiger partial charge in [0.05, 0.1) is 23.4 Å². The second kappa shape index (κ2) is 7.58. The molecule has 1 aliphatic carbocycles. The summed E-state index contributed by atoms with van der Waals surface area (Å²) in [7, 11) is 0. The molecule has 1 aromatic heterocycles. The predicted molar refractivity (Wildman–Crippen MR) is 104 cm³/mol. The third-order valence-corrected chi connectivity index (χ3v) is 5.55. The highest BCUT2D eigenvalue weighted by Gasteiger charge is 2.35. The average Bonchev–Trinajstić information content (AvgIpc) is 3.42. The minimum absolute atomic E-state index is 0.278. The Kier molecular flexibility index (Phi) is 4.98. The van der Waals surface area contributed by atoms with Gasteiger partial charge in [-0.25, -0.2) is 4.68 Å². The smallest absolute Gasteiger partial charge is 0.261 e. The molecule has 3 amide bonds. The molecule has 146 valence electrons. The van der Waals surface area contributed by atoms with E-state index in [1.165, 1.54) is 23.8 Å². The minimum Gasteiger partial charge on any atom is -0.307 e. The first-order chi connectivity index (χ1) is 13.6. The number of carbonyl (C=O) groups excluding carboxylic acids is 3. The van der Waals surface area contributed by atoms with Crippen molar-refractivity contribution in [3.8, 4) is 0 Å². The zero-order valence-corrected chi connectivity index (χ0v) is 16.0. The molecule has 7 nitrogen and oxygen atoms in total. The molecule has 1 fully saturated rings. The molecule has 0 bridgehead atoms. The third kappa shape index (κ3) is 3.21. The Labute approximate surface area is 163 Å². The van der Waals surface area contributed by atoms with E-state index in [4.69, 9.17) is 0 Å². The number of aromatic nitrogens is 2. The second-order valence-electron chi connectivity index (χ2n) is 7.43. The number of nitrogens with zero attached hydrogens (tertiary/aromatic N) is 3. The molecule has 1 N–H and O–H groups in total. The van der Waals surface area contributed by atoms with Crippen LogP contribution in [-0.4, -0.2) is 38.9 Å². The second-order valence-corrected chi connectivity index (χ2v) is 7.43. The summed E-state index contributed by atoms with van der Waals surface area (Å²) in [5.74, 6) is -0.252. The van der Waals surface area contributed by atoms with E-state index in [0.29, 0.717) is 35.1 Å². The van der Waals surface area contributed by atoms with Crippen molar-refractivity contribution in [1.29, 1.82) is 0 Å². The van der Waals surface area contributed by atoms with Gasteiger partial charge in [0.1, 0.15) is 5.82 Å². The Morgan fingerprint density at radius 3 is 2.64 bits per heavy atom. The number of hydrogen-bond acceptors (Lipinski definition) is 4. The molecule has 1 saturated carbocycles. The van der Waals surface area contributed by atoms with Gasteiger partial charge in [-0.3, -0.25) is 19.3 Å². The Balaban J connectivity index is 1.53. The molecule has 0 atom stereocenters. The number of unbranched alkanes of at least 4 members (excludes halogenated alkanes) is 1. The number of imide groups is 1. The van der Waals surface area contributed by atoms with Gasteiger partial charge in [0.15, 0.2) is 0 Å². The quantitative estimate of drug-likeness (QED) is 0.776. The van der Waals surface area contributed by atoms with E-state index in [2.05, 4.69) is 10.4 Å². The van der Waals surface area contributed by atoms with Crippen LogP contribution in [0.4, 0.5) is 5.82 Å². The lowest BCUT2D eigenvalue weighted by Crippen LogP contribution is -2.30. The first-order valence-corrected chi connectivity index (χ1v) is 9.95. The van der Waals surface area contributed by atoms with Gasteiger partial charge in [-0.1, -0.05) is 26.2 Å². The van der Waals surface area contributed by atoms with Gasteiger partial charge in [0.2, 0.25) is 0 Å².